The van der Waals surface area contributed by atoms with Gasteiger partial charge in [0, 0.05) is 11.4 Å². The Balaban J connectivity index is 1.70. The number of methoxy groups -OCH3 is 1. The van der Waals surface area contributed by atoms with Crippen LogP contribution in [0.3, 0.4) is 0 Å². The van der Waals surface area contributed by atoms with Crippen LogP contribution in [0, 0.1) is 10.1 Å². The molecule has 3 amide bonds. The van der Waals surface area contributed by atoms with E-state index in [-0.39, 0.29) is 28.3 Å². The summed E-state index contributed by atoms with van der Waals surface area (Å²) in [6, 6.07) is 15.0. The van der Waals surface area contributed by atoms with Crippen LogP contribution in [0.2, 0.25) is 0 Å². The maximum absolute atomic E-state index is 13.1. The Morgan fingerprint density at radius 1 is 1.15 bits per heavy atom. The van der Waals surface area contributed by atoms with Gasteiger partial charge < -0.3 is 25.1 Å². The van der Waals surface area contributed by atoms with Crippen LogP contribution >= 0.6 is 0 Å². The second-order valence-electron chi connectivity index (χ2n) is 7.23. The van der Waals surface area contributed by atoms with Crippen LogP contribution in [0.25, 0.3) is 11.3 Å². The molecule has 0 aliphatic carbocycles. The molecule has 2 aromatic carbocycles. The van der Waals surface area contributed by atoms with E-state index >= 15 is 0 Å². The van der Waals surface area contributed by atoms with E-state index in [4.69, 9.17) is 9.15 Å². The van der Waals surface area contributed by atoms with Gasteiger partial charge in [-0.15, -0.1) is 0 Å². The summed E-state index contributed by atoms with van der Waals surface area (Å²) in [7, 11) is 1.42. The van der Waals surface area contributed by atoms with E-state index in [1.165, 1.54) is 19.2 Å². The zero-order valence-electron chi connectivity index (χ0n) is 17.7. The highest BCUT2D eigenvalue weighted by Crippen LogP contribution is 2.37. The quantitative estimate of drug-likeness (QED) is 0.383. The Morgan fingerprint density at radius 3 is 2.61 bits per heavy atom. The van der Waals surface area contributed by atoms with E-state index in [2.05, 4.69) is 16.0 Å². The molecule has 3 aromatic rings. The lowest BCUT2D eigenvalue weighted by Gasteiger charge is -2.27. The van der Waals surface area contributed by atoms with Crippen LogP contribution in [-0.2, 0) is 4.79 Å². The Kier molecular flexibility index (Phi) is 5.81. The van der Waals surface area contributed by atoms with Crippen molar-refractivity contribution in [3.63, 3.8) is 0 Å². The minimum Gasteiger partial charge on any atom is -0.497 e. The number of urea groups is 1. The molecule has 1 aliphatic rings. The van der Waals surface area contributed by atoms with Gasteiger partial charge in [-0.3, -0.25) is 14.9 Å². The molecule has 0 fully saturated rings. The van der Waals surface area contributed by atoms with Crippen molar-refractivity contribution in [3.05, 3.63) is 87.8 Å². The Labute approximate surface area is 188 Å². The molecule has 0 spiro atoms. The normalized spacial score (nSPS) is 15.5. The average molecular weight is 448 g/mol. The zero-order valence-corrected chi connectivity index (χ0v) is 17.7. The fourth-order valence-electron chi connectivity index (χ4n) is 3.58. The van der Waals surface area contributed by atoms with E-state index in [1.54, 1.807) is 49.4 Å². The number of carbonyl (C=O) groups is 2. The van der Waals surface area contributed by atoms with Crippen molar-refractivity contribution in [2.45, 2.75) is 13.0 Å². The topological polar surface area (TPSA) is 136 Å². The second-order valence-corrected chi connectivity index (χ2v) is 7.23. The molecule has 0 saturated carbocycles. The van der Waals surface area contributed by atoms with Crippen LogP contribution in [0.5, 0.6) is 5.75 Å². The van der Waals surface area contributed by atoms with Crippen molar-refractivity contribution in [1.29, 1.82) is 0 Å². The molecule has 0 saturated heterocycles. The van der Waals surface area contributed by atoms with Gasteiger partial charge >= 0.3 is 6.03 Å². The molecule has 10 heteroatoms. The van der Waals surface area contributed by atoms with E-state index in [9.17, 15) is 19.7 Å². The van der Waals surface area contributed by atoms with Gasteiger partial charge in [0.25, 0.3) is 11.6 Å². The molecular formula is C23H20N4O6. The summed E-state index contributed by atoms with van der Waals surface area (Å²) in [6.07, 6.45) is 0. The van der Waals surface area contributed by atoms with Gasteiger partial charge in [-0.2, -0.15) is 0 Å². The van der Waals surface area contributed by atoms with Crippen LogP contribution in [0.15, 0.2) is 76.4 Å². The third kappa shape index (κ3) is 4.40. The van der Waals surface area contributed by atoms with Crippen LogP contribution in [0.1, 0.15) is 18.7 Å². The number of carbonyl (C=O) groups excluding carboxylic acids is 2. The molecule has 3 N–H and O–H groups in total. The number of hydrogen-bond acceptors (Lipinski definition) is 6. The Bertz CT molecular complexity index is 1260. The van der Waals surface area contributed by atoms with Crippen molar-refractivity contribution in [1.82, 2.24) is 10.6 Å². The first kappa shape index (κ1) is 21.6. The molecule has 33 heavy (non-hydrogen) atoms. The highest BCUT2D eigenvalue weighted by molar-refractivity contribution is 6.06. The molecule has 1 unspecified atom stereocenters. The van der Waals surface area contributed by atoms with E-state index in [1.807, 2.05) is 6.07 Å². The van der Waals surface area contributed by atoms with Crippen LogP contribution < -0.4 is 20.7 Å². The van der Waals surface area contributed by atoms with Crippen molar-refractivity contribution < 1.29 is 23.7 Å². The number of amides is 3. The number of anilines is 1. The van der Waals surface area contributed by atoms with Crippen LogP contribution in [-0.4, -0.2) is 24.0 Å². The van der Waals surface area contributed by atoms with Gasteiger partial charge in [-0.25, -0.2) is 4.79 Å². The Morgan fingerprint density at radius 2 is 1.91 bits per heavy atom. The highest BCUT2D eigenvalue weighted by Gasteiger charge is 2.34. The standard InChI is InChI=1S/C23H20N4O6/c1-13-20(22(28)25-14-6-4-3-5-7-14)21(26-23(29)24-13)19-11-10-18(33-19)16-9-8-15(32-2)12-17(16)27(30)31/h3-12,21H,1-2H3,(H,25,28)(H2,24,26,29). The number of benzene rings is 2. The largest absolute Gasteiger partial charge is 0.497 e. The summed E-state index contributed by atoms with van der Waals surface area (Å²) in [6.45, 7) is 1.61. The van der Waals surface area contributed by atoms with Gasteiger partial charge in [0.15, 0.2) is 0 Å². The Hall–Kier alpha value is -4.60. The third-order valence-corrected chi connectivity index (χ3v) is 5.12. The maximum atomic E-state index is 13.1. The molecule has 1 aromatic heterocycles. The maximum Gasteiger partial charge on any atom is 0.319 e. The fourth-order valence-corrected chi connectivity index (χ4v) is 3.58. The summed E-state index contributed by atoms with van der Waals surface area (Å²) < 4.78 is 11.0. The number of furan rings is 1. The molecule has 0 radical (unpaired) electrons. The van der Waals surface area contributed by atoms with Crippen molar-refractivity contribution >= 4 is 23.3 Å². The SMILES string of the molecule is COc1ccc(-c2ccc(C3NC(=O)NC(C)=C3C(=O)Nc3ccccc3)o2)c([N+](=O)[O-])c1. The van der Waals surface area contributed by atoms with E-state index in [0.29, 0.717) is 17.1 Å². The van der Waals surface area contributed by atoms with Gasteiger partial charge in [-0.05, 0) is 43.3 Å². The molecule has 1 aliphatic heterocycles. The molecular weight excluding hydrogens is 428 g/mol. The number of rotatable bonds is 6. The summed E-state index contributed by atoms with van der Waals surface area (Å²) in [4.78, 5) is 36.2. The zero-order chi connectivity index (χ0) is 23.5. The number of allylic oxidation sites excluding steroid dienone is 1. The number of nitrogens with one attached hydrogen (secondary N) is 3. The molecule has 1 atom stereocenters. The predicted molar refractivity (Wildman–Crippen MR) is 120 cm³/mol. The molecule has 10 nitrogen and oxygen atoms in total. The average Bonchev–Trinajstić information content (AvgIpc) is 3.28. The number of nitro benzene ring substituents is 1. The first-order valence-corrected chi connectivity index (χ1v) is 9.94. The van der Waals surface area contributed by atoms with Crippen molar-refractivity contribution in [3.8, 4) is 17.1 Å². The van der Waals surface area contributed by atoms with Gasteiger partial charge in [-0.1, -0.05) is 18.2 Å². The first-order chi connectivity index (χ1) is 15.9. The molecule has 2 heterocycles. The summed E-state index contributed by atoms with van der Waals surface area (Å²) >= 11 is 0. The molecule has 4 rings (SSSR count). The molecule has 0 bridgehead atoms. The lowest BCUT2D eigenvalue weighted by molar-refractivity contribution is -0.384. The third-order valence-electron chi connectivity index (χ3n) is 5.12. The highest BCUT2D eigenvalue weighted by atomic mass is 16.6. The van der Waals surface area contributed by atoms with E-state index < -0.39 is 22.9 Å². The number of nitro groups is 1. The lowest BCUT2D eigenvalue weighted by atomic mass is 10.00. The summed E-state index contributed by atoms with van der Waals surface area (Å²) in [5, 5.41) is 19.6. The number of para-hydroxylation sites is 1. The molecule has 168 valence electrons. The van der Waals surface area contributed by atoms with Gasteiger partial charge in [0.1, 0.15) is 23.3 Å². The summed E-state index contributed by atoms with van der Waals surface area (Å²) in [5.41, 5.74) is 1.25. The van der Waals surface area contributed by atoms with Gasteiger partial charge in [0.05, 0.1) is 29.2 Å². The number of hydrogen-bond donors (Lipinski definition) is 3. The van der Waals surface area contributed by atoms with Crippen LogP contribution in [0.4, 0.5) is 16.2 Å². The number of nitrogens with zero attached hydrogens (tertiary/aromatic N) is 1. The van der Waals surface area contributed by atoms with E-state index in [0.717, 1.165) is 0 Å². The van der Waals surface area contributed by atoms with Crippen molar-refractivity contribution in [2.24, 2.45) is 0 Å². The minimum atomic E-state index is -0.895. The second kappa shape index (κ2) is 8.87. The number of ether oxygens (including phenoxy) is 1. The van der Waals surface area contributed by atoms with Crippen molar-refractivity contribution in [2.75, 3.05) is 12.4 Å². The smallest absolute Gasteiger partial charge is 0.319 e. The minimum absolute atomic E-state index is 0.196. The van der Waals surface area contributed by atoms with Gasteiger partial charge in [0.2, 0.25) is 0 Å². The lowest BCUT2D eigenvalue weighted by Crippen LogP contribution is -2.45. The monoisotopic (exact) mass is 448 g/mol. The first-order valence-electron chi connectivity index (χ1n) is 9.94. The summed E-state index contributed by atoms with van der Waals surface area (Å²) in [5.74, 6) is 0.376. The fraction of sp³-hybridized carbons (Fsp3) is 0.130. The predicted octanol–water partition coefficient (Wildman–Crippen LogP) is 4.13.